The predicted octanol–water partition coefficient (Wildman–Crippen LogP) is 4.83. The third-order valence-electron chi connectivity index (χ3n) is 3.63. The van der Waals surface area contributed by atoms with Gasteiger partial charge in [-0.3, -0.25) is 14.9 Å². The van der Waals surface area contributed by atoms with E-state index in [1.165, 1.54) is 23.9 Å². The molecule has 3 rings (SSSR count). The number of hydrogen-bond donors (Lipinski definition) is 0. The molecule has 5 nitrogen and oxygen atoms in total. The van der Waals surface area contributed by atoms with E-state index >= 15 is 0 Å². The molecule has 1 unspecified atom stereocenters. The topological polar surface area (TPSA) is 69.4 Å². The average Bonchev–Trinajstić information content (AvgIpc) is 2.62. The summed E-state index contributed by atoms with van der Waals surface area (Å²) >= 11 is 1.30. The smallest absolute Gasteiger partial charge is 0.324 e. The fourth-order valence-electron chi connectivity index (χ4n) is 2.33. The number of thioether (sulfide) groups is 1. The first kappa shape index (κ1) is 17.0. The molecule has 0 aliphatic carbocycles. The summed E-state index contributed by atoms with van der Waals surface area (Å²) in [7, 11) is 0. The second-order valence-electron chi connectivity index (χ2n) is 5.44. The molecule has 0 saturated carbocycles. The van der Waals surface area contributed by atoms with E-state index in [0.29, 0.717) is 5.75 Å². The van der Waals surface area contributed by atoms with Crippen LogP contribution >= 0.6 is 11.8 Å². The highest BCUT2D eigenvalue weighted by Crippen LogP contribution is 2.27. The molecule has 0 spiro atoms. The Hall–Kier alpha value is -2.86. The van der Waals surface area contributed by atoms with Crippen molar-refractivity contribution in [3.05, 3.63) is 76.8 Å². The molecule has 0 heterocycles. The van der Waals surface area contributed by atoms with Gasteiger partial charge in [0, 0.05) is 17.0 Å². The molecule has 0 bridgehead atoms. The van der Waals surface area contributed by atoms with Crippen molar-refractivity contribution in [1.29, 1.82) is 0 Å². The molecule has 3 aromatic rings. The third kappa shape index (κ3) is 4.16. The lowest BCUT2D eigenvalue weighted by molar-refractivity contribution is -0.384. The quantitative estimate of drug-likeness (QED) is 0.216. The maximum Gasteiger partial charge on any atom is 0.324 e. The Labute approximate surface area is 148 Å². The van der Waals surface area contributed by atoms with Crippen molar-refractivity contribution in [1.82, 2.24) is 0 Å². The summed E-state index contributed by atoms with van der Waals surface area (Å²) in [6.07, 6.45) is 0. The van der Waals surface area contributed by atoms with Crippen molar-refractivity contribution in [2.45, 2.75) is 17.1 Å². The number of benzene rings is 3. The summed E-state index contributed by atoms with van der Waals surface area (Å²) in [6.45, 7) is 1.75. The van der Waals surface area contributed by atoms with Gasteiger partial charge in [0.2, 0.25) is 0 Å². The monoisotopic (exact) mass is 353 g/mol. The van der Waals surface area contributed by atoms with Crippen LogP contribution in [-0.4, -0.2) is 16.1 Å². The Morgan fingerprint density at radius 2 is 1.72 bits per heavy atom. The van der Waals surface area contributed by atoms with Gasteiger partial charge in [-0.25, -0.2) is 0 Å². The number of nitrogens with zero attached hydrogens (tertiary/aromatic N) is 1. The van der Waals surface area contributed by atoms with Gasteiger partial charge >= 0.3 is 5.97 Å². The third-order valence-corrected chi connectivity index (χ3v) is 4.72. The normalized spacial score (nSPS) is 11.9. The summed E-state index contributed by atoms with van der Waals surface area (Å²) in [6, 6.07) is 19.4. The Kier molecular flexibility index (Phi) is 5.00. The Morgan fingerprint density at radius 3 is 2.40 bits per heavy atom. The maximum atomic E-state index is 12.3. The zero-order chi connectivity index (χ0) is 17.8. The van der Waals surface area contributed by atoms with Crippen molar-refractivity contribution in [2.24, 2.45) is 0 Å². The number of hydrogen-bond acceptors (Lipinski definition) is 5. The highest BCUT2D eigenvalue weighted by Gasteiger charge is 2.17. The lowest BCUT2D eigenvalue weighted by Gasteiger charge is -2.11. The van der Waals surface area contributed by atoms with Crippen LogP contribution in [0.4, 0.5) is 5.69 Å². The van der Waals surface area contributed by atoms with E-state index in [-0.39, 0.29) is 11.7 Å². The number of rotatable bonds is 5. The van der Waals surface area contributed by atoms with Gasteiger partial charge in [-0.15, -0.1) is 11.8 Å². The van der Waals surface area contributed by atoms with Crippen LogP contribution in [0.5, 0.6) is 5.75 Å². The van der Waals surface area contributed by atoms with Gasteiger partial charge in [-0.2, -0.15) is 0 Å². The first-order valence-corrected chi connectivity index (χ1v) is 8.52. The molecule has 0 N–H and O–H groups in total. The fourth-order valence-corrected chi connectivity index (χ4v) is 3.17. The number of esters is 1. The molecule has 0 aliphatic heterocycles. The molecule has 0 saturated heterocycles. The molecule has 0 aromatic heterocycles. The van der Waals surface area contributed by atoms with E-state index < -0.39 is 10.2 Å². The van der Waals surface area contributed by atoms with Gasteiger partial charge in [0.1, 0.15) is 11.0 Å². The molecule has 0 amide bonds. The molecular formula is C19H15NO4S. The van der Waals surface area contributed by atoms with Crippen LogP contribution in [0.3, 0.4) is 0 Å². The van der Waals surface area contributed by atoms with Crippen LogP contribution in [-0.2, 0) is 4.79 Å². The lowest BCUT2D eigenvalue weighted by atomic mass is 10.1. The van der Waals surface area contributed by atoms with Crippen LogP contribution in [0.25, 0.3) is 10.8 Å². The Balaban J connectivity index is 1.66. The number of fused-ring (bicyclic) bond motifs is 1. The highest BCUT2D eigenvalue weighted by molar-refractivity contribution is 8.00. The van der Waals surface area contributed by atoms with Crippen molar-refractivity contribution in [3.8, 4) is 5.75 Å². The van der Waals surface area contributed by atoms with Gasteiger partial charge in [-0.1, -0.05) is 30.3 Å². The van der Waals surface area contributed by atoms with Crippen LogP contribution in [0, 0.1) is 10.1 Å². The number of nitro benzene ring substituents is 1. The zero-order valence-corrected chi connectivity index (χ0v) is 14.2. The zero-order valence-electron chi connectivity index (χ0n) is 13.4. The van der Waals surface area contributed by atoms with Crippen LogP contribution in [0.2, 0.25) is 0 Å². The second kappa shape index (κ2) is 7.36. The molecule has 1 atom stereocenters. The minimum atomic E-state index is -0.453. The average molecular weight is 353 g/mol. The van der Waals surface area contributed by atoms with Crippen LogP contribution in [0.15, 0.2) is 71.6 Å². The first-order chi connectivity index (χ1) is 12.0. The van der Waals surface area contributed by atoms with Crippen LogP contribution < -0.4 is 4.74 Å². The molecular weight excluding hydrogens is 338 g/mol. The number of nitro groups is 1. The van der Waals surface area contributed by atoms with Crippen molar-refractivity contribution in [3.63, 3.8) is 0 Å². The molecule has 25 heavy (non-hydrogen) atoms. The number of carbonyl (C=O) groups is 1. The minimum absolute atomic E-state index is 0.0238. The van der Waals surface area contributed by atoms with Crippen molar-refractivity contribution < 1.29 is 14.5 Å². The number of non-ortho nitro benzene ring substituents is 1. The van der Waals surface area contributed by atoms with Gasteiger partial charge < -0.3 is 4.74 Å². The summed E-state index contributed by atoms with van der Waals surface area (Å²) in [4.78, 5) is 23.3. The number of ether oxygens (including phenoxy) is 1. The molecule has 0 fully saturated rings. The van der Waals surface area contributed by atoms with Gasteiger partial charge in [0.05, 0.1) is 4.92 Å². The van der Waals surface area contributed by atoms with E-state index in [9.17, 15) is 14.9 Å². The van der Waals surface area contributed by atoms with Crippen molar-refractivity contribution in [2.75, 3.05) is 0 Å². The highest BCUT2D eigenvalue weighted by atomic mass is 32.2. The Morgan fingerprint density at radius 1 is 1.04 bits per heavy atom. The fraction of sp³-hybridized carbons (Fsp3) is 0.105. The second-order valence-corrected chi connectivity index (χ2v) is 6.86. The minimum Gasteiger partial charge on any atom is -0.426 e. The molecule has 126 valence electrons. The molecule has 6 heteroatoms. The van der Waals surface area contributed by atoms with Gasteiger partial charge in [0.25, 0.3) is 5.69 Å². The maximum absolute atomic E-state index is 12.3. The molecule has 0 radical (unpaired) electrons. The van der Waals surface area contributed by atoms with E-state index in [4.69, 9.17) is 4.74 Å². The van der Waals surface area contributed by atoms with E-state index in [1.807, 2.05) is 36.4 Å². The summed E-state index contributed by atoms with van der Waals surface area (Å²) < 4.78 is 5.45. The summed E-state index contributed by atoms with van der Waals surface area (Å²) in [5, 5.41) is 12.3. The Bertz CT molecular complexity index is 924. The van der Waals surface area contributed by atoms with Gasteiger partial charge in [0.15, 0.2) is 0 Å². The standard InChI is InChI=1S/C19H15NO4S/c1-13(25-18-10-7-16(8-11-18)20(22)23)19(21)24-17-9-6-14-4-2-3-5-15(14)12-17/h2-13H,1H3. The number of carbonyl (C=O) groups excluding carboxylic acids is 1. The molecule has 0 aliphatic rings. The van der Waals surface area contributed by atoms with Crippen molar-refractivity contribution >= 4 is 34.2 Å². The predicted molar refractivity (Wildman–Crippen MR) is 98.0 cm³/mol. The largest absolute Gasteiger partial charge is 0.426 e. The van der Waals surface area contributed by atoms with E-state index in [0.717, 1.165) is 15.7 Å². The SMILES string of the molecule is CC(Sc1ccc([N+](=O)[O-])cc1)C(=O)Oc1ccc2ccccc2c1. The molecule has 3 aromatic carbocycles. The van der Waals surface area contributed by atoms with E-state index in [1.54, 1.807) is 25.1 Å². The summed E-state index contributed by atoms with van der Waals surface area (Å²) in [5.41, 5.74) is 0.0238. The summed E-state index contributed by atoms with van der Waals surface area (Å²) in [5.74, 6) is 0.137. The lowest BCUT2D eigenvalue weighted by Crippen LogP contribution is -2.19. The van der Waals surface area contributed by atoms with E-state index in [2.05, 4.69) is 0 Å². The van der Waals surface area contributed by atoms with Gasteiger partial charge in [-0.05, 0) is 42.0 Å². The van der Waals surface area contributed by atoms with Crippen LogP contribution in [0.1, 0.15) is 6.92 Å². The first-order valence-electron chi connectivity index (χ1n) is 7.64.